The summed E-state index contributed by atoms with van der Waals surface area (Å²) in [5.41, 5.74) is 4.81. The monoisotopic (exact) mass is 276 g/mol. The van der Waals surface area contributed by atoms with E-state index in [2.05, 4.69) is 0 Å². The van der Waals surface area contributed by atoms with Gasteiger partial charge in [0, 0.05) is 18.7 Å². The molecule has 3 nitrogen and oxygen atoms in total. The predicted octanol–water partition coefficient (Wildman–Crippen LogP) is 1.77. The average Bonchev–Trinajstić information content (AvgIpc) is 2.71. The summed E-state index contributed by atoms with van der Waals surface area (Å²) in [5, 5.41) is 0. The molecule has 1 aromatic rings. The summed E-state index contributed by atoms with van der Waals surface area (Å²) >= 11 is 0. The number of carbonyl (C=O) groups is 1. The van der Waals surface area contributed by atoms with Gasteiger partial charge in [-0.15, -0.1) is 0 Å². The second kappa shape index (κ2) is 4.48. The molecule has 1 saturated heterocycles. The molecule has 1 aromatic carbocycles. The van der Waals surface area contributed by atoms with Crippen LogP contribution in [0, 0.1) is 5.82 Å². The van der Waals surface area contributed by atoms with Crippen LogP contribution in [0.3, 0.4) is 0 Å². The lowest BCUT2D eigenvalue weighted by molar-refractivity contribution is -0.184. The molecule has 0 saturated carbocycles. The first-order chi connectivity index (χ1) is 8.74. The molecule has 1 heterocycles. The molecule has 1 aliphatic heterocycles. The first-order valence-corrected chi connectivity index (χ1v) is 5.64. The van der Waals surface area contributed by atoms with Gasteiger partial charge in [0.1, 0.15) is 5.82 Å². The number of nitrogens with two attached hydrogens (primary N) is 1. The lowest BCUT2D eigenvalue weighted by Crippen LogP contribution is -2.45. The zero-order valence-electron chi connectivity index (χ0n) is 9.88. The van der Waals surface area contributed by atoms with Gasteiger partial charge in [-0.3, -0.25) is 4.79 Å². The molecule has 0 aromatic heterocycles. The Bertz CT molecular complexity index is 503. The van der Waals surface area contributed by atoms with E-state index in [1.807, 2.05) is 0 Å². The van der Waals surface area contributed by atoms with Gasteiger partial charge in [-0.2, -0.15) is 13.2 Å². The first kappa shape index (κ1) is 13.8. The molecule has 19 heavy (non-hydrogen) atoms. The Morgan fingerprint density at radius 3 is 2.53 bits per heavy atom. The molecule has 0 radical (unpaired) electrons. The maximum absolute atomic E-state index is 13.6. The predicted molar refractivity (Wildman–Crippen MR) is 59.5 cm³/mol. The Morgan fingerprint density at radius 1 is 1.32 bits per heavy atom. The van der Waals surface area contributed by atoms with Gasteiger partial charge >= 0.3 is 12.1 Å². The van der Waals surface area contributed by atoms with Crippen LogP contribution < -0.4 is 5.73 Å². The summed E-state index contributed by atoms with van der Waals surface area (Å²) in [5.74, 6) is -2.51. The highest BCUT2D eigenvalue weighted by Crippen LogP contribution is 2.33. The fourth-order valence-corrected chi connectivity index (χ4v) is 2.27. The van der Waals surface area contributed by atoms with Crippen LogP contribution in [-0.2, 0) is 10.3 Å². The van der Waals surface area contributed by atoms with Crippen molar-refractivity contribution in [2.24, 2.45) is 5.73 Å². The van der Waals surface area contributed by atoms with Gasteiger partial charge in [-0.25, -0.2) is 4.39 Å². The van der Waals surface area contributed by atoms with E-state index >= 15 is 0 Å². The number of hydrogen-bond acceptors (Lipinski definition) is 2. The average molecular weight is 276 g/mol. The van der Waals surface area contributed by atoms with E-state index in [0.717, 1.165) is 0 Å². The fourth-order valence-electron chi connectivity index (χ4n) is 2.27. The molecule has 1 amide bonds. The van der Waals surface area contributed by atoms with Crippen LogP contribution in [0.15, 0.2) is 24.3 Å². The van der Waals surface area contributed by atoms with Crippen molar-refractivity contribution in [3.63, 3.8) is 0 Å². The molecule has 0 bridgehead atoms. The third kappa shape index (κ3) is 2.56. The molecule has 1 atom stereocenters. The number of halogens is 4. The van der Waals surface area contributed by atoms with Gasteiger partial charge in [-0.1, -0.05) is 18.2 Å². The minimum atomic E-state index is -4.93. The Balaban J connectivity index is 2.22. The maximum atomic E-state index is 13.6. The number of likely N-dealkylation sites (tertiary alicyclic amines) is 1. The molecular weight excluding hydrogens is 264 g/mol. The van der Waals surface area contributed by atoms with Crippen molar-refractivity contribution in [1.29, 1.82) is 0 Å². The molecular formula is C12H12F4N2O. The quantitative estimate of drug-likeness (QED) is 0.795. The second-order valence-corrected chi connectivity index (χ2v) is 4.61. The van der Waals surface area contributed by atoms with Crippen LogP contribution in [0.1, 0.15) is 12.0 Å². The Kier molecular flexibility index (Phi) is 3.25. The highest BCUT2D eigenvalue weighted by atomic mass is 19.4. The SMILES string of the molecule is NC1(c2ccccc2F)CCN(C(=O)C(F)(F)F)C1. The Morgan fingerprint density at radius 2 is 1.95 bits per heavy atom. The highest BCUT2D eigenvalue weighted by Gasteiger charge is 2.48. The maximum Gasteiger partial charge on any atom is 0.471 e. The van der Waals surface area contributed by atoms with Crippen LogP contribution in [0.5, 0.6) is 0 Å². The number of hydrogen-bond donors (Lipinski definition) is 1. The lowest BCUT2D eigenvalue weighted by atomic mass is 9.90. The van der Waals surface area contributed by atoms with Crippen molar-refractivity contribution < 1.29 is 22.4 Å². The van der Waals surface area contributed by atoms with E-state index in [1.54, 1.807) is 6.07 Å². The molecule has 2 rings (SSSR count). The van der Waals surface area contributed by atoms with Crippen LogP contribution in [0.25, 0.3) is 0 Å². The van der Waals surface area contributed by atoms with E-state index in [9.17, 15) is 22.4 Å². The third-order valence-electron chi connectivity index (χ3n) is 3.24. The molecule has 0 spiro atoms. The minimum Gasteiger partial charge on any atom is -0.333 e. The molecule has 1 aliphatic rings. The van der Waals surface area contributed by atoms with Gasteiger partial charge in [0.15, 0.2) is 0 Å². The van der Waals surface area contributed by atoms with Crippen LogP contribution in [0.4, 0.5) is 17.6 Å². The number of benzene rings is 1. The smallest absolute Gasteiger partial charge is 0.333 e. The number of carbonyl (C=O) groups excluding carboxylic acids is 1. The van der Waals surface area contributed by atoms with Gasteiger partial charge in [-0.05, 0) is 12.5 Å². The summed E-state index contributed by atoms with van der Waals surface area (Å²) in [6, 6.07) is 5.64. The molecule has 7 heteroatoms. The van der Waals surface area contributed by atoms with Gasteiger partial charge < -0.3 is 10.6 Å². The zero-order valence-corrected chi connectivity index (χ0v) is 9.88. The first-order valence-electron chi connectivity index (χ1n) is 5.64. The Labute approximate surface area is 107 Å². The van der Waals surface area contributed by atoms with Gasteiger partial charge in [0.25, 0.3) is 0 Å². The van der Waals surface area contributed by atoms with Crippen molar-refractivity contribution in [3.8, 4) is 0 Å². The van der Waals surface area contributed by atoms with E-state index in [0.29, 0.717) is 4.90 Å². The normalized spacial score (nSPS) is 23.7. The van der Waals surface area contributed by atoms with E-state index in [4.69, 9.17) is 5.73 Å². The highest BCUT2D eigenvalue weighted by molar-refractivity contribution is 5.82. The summed E-state index contributed by atoms with van der Waals surface area (Å²) in [6.07, 6.45) is -4.84. The van der Waals surface area contributed by atoms with Crippen LogP contribution in [0.2, 0.25) is 0 Å². The van der Waals surface area contributed by atoms with Crippen molar-refractivity contribution >= 4 is 5.91 Å². The standard InChI is InChI=1S/C12H12F4N2O/c13-9-4-2-1-3-8(9)11(17)5-6-18(7-11)10(19)12(14,15)16/h1-4H,5-7,17H2. The van der Waals surface area contributed by atoms with E-state index < -0.39 is 23.4 Å². The molecule has 0 aliphatic carbocycles. The van der Waals surface area contributed by atoms with Crippen molar-refractivity contribution in [1.82, 2.24) is 4.90 Å². The Hall–Kier alpha value is -1.63. The molecule has 1 fully saturated rings. The number of rotatable bonds is 1. The minimum absolute atomic E-state index is 0.0930. The van der Waals surface area contributed by atoms with E-state index in [-0.39, 0.29) is 25.1 Å². The third-order valence-corrected chi connectivity index (χ3v) is 3.24. The van der Waals surface area contributed by atoms with Crippen LogP contribution >= 0.6 is 0 Å². The van der Waals surface area contributed by atoms with Crippen molar-refractivity contribution in [2.45, 2.75) is 18.1 Å². The van der Waals surface area contributed by atoms with Gasteiger partial charge in [0.05, 0.1) is 5.54 Å². The van der Waals surface area contributed by atoms with E-state index in [1.165, 1.54) is 18.2 Å². The topological polar surface area (TPSA) is 46.3 Å². The summed E-state index contributed by atoms with van der Waals surface area (Å²) in [4.78, 5) is 11.7. The number of amides is 1. The number of alkyl halides is 3. The summed E-state index contributed by atoms with van der Waals surface area (Å²) in [6.45, 7) is -0.477. The van der Waals surface area contributed by atoms with Crippen molar-refractivity contribution in [2.75, 3.05) is 13.1 Å². The zero-order chi connectivity index (χ0) is 14.3. The summed E-state index contributed by atoms with van der Waals surface area (Å²) < 4.78 is 50.6. The molecule has 104 valence electrons. The summed E-state index contributed by atoms with van der Waals surface area (Å²) in [7, 11) is 0. The largest absolute Gasteiger partial charge is 0.471 e. The van der Waals surface area contributed by atoms with Gasteiger partial charge in [0.2, 0.25) is 0 Å². The fraction of sp³-hybridized carbons (Fsp3) is 0.417. The molecule has 1 unspecified atom stereocenters. The van der Waals surface area contributed by atoms with Crippen molar-refractivity contribution in [3.05, 3.63) is 35.6 Å². The second-order valence-electron chi connectivity index (χ2n) is 4.61. The number of nitrogens with zero attached hydrogens (tertiary/aromatic N) is 1. The lowest BCUT2D eigenvalue weighted by Gasteiger charge is -2.25. The van der Waals surface area contributed by atoms with Crippen LogP contribution in [-0.4, -0.2) is 30.1 Å². The molecule has 2 N–H and O–H groups in total.